The highest BCUT2D eigenvalue weighted by Crippen LogP contribution is 2.48. The van der Waals surface area contributed by atoms with Crippen LogP contribution in [0, 0.1) is 29.2 Å². The van der Waals surface area contributed by atoms with Crippen molar-refractivity contribution in [1.29, 1.82) is 0 Å². The van der Waals surface area contributed by atoms with E-state index >= 15 is 0 Å². The summed E-state index contributed by atoms with van der Waals surface area (Å²) in [4.78, 5) is 107. The molecule has 0 bridgehead atoms. The van der Waals surface area contributed by atoms with Crippen molar-refractivity contribution in [2.24, 2.45) is 5.92 Å². The molecule has 3 aliphatic rings. The van der Waals surface area contributed by atoms with E-state index in [-0.39, 0.29) is 46.5 Å². The summed E-state index contributed by atoms with van der Waals surface area (Å²) in [5.41, 5.74) is 2.80. The zero-order valence-corrected chi connectivity index (χ0v) is 46.3. The number of hydrogen-bond donors (Lipinski definition) is 4. The molecule has 1 unspecified atom stereocenters. The molecule has 2 heterocycles. The molecular formula is C61H55F4N5O12S2. The summed E-state index contributed by atoms with van der Waals surface area (Å²) in [6.07, 6.45) is 2.10. The molecule has 0 aromatic heterocycles. The quantitative estimate of drug-likeness (QED) is 0.0174. The number of Topliss-reactive ketones (excluding diaryl/α,β-unsaturated/α-hetero) is 1. The molecule has 6 aromatic rings. The fourth-order valence-corrected chi connectivity index (χ4v) is 12.6. The number of thioether (sulfide) groups is 2. The molecule has 4 N–H and O–H groups in total. The number of carboxylic acids is 1. The van der Waals surface area contributed by atoms with Gasteiger partial charge in [0.05, 0.1) is 24.4 Å². The number of hydrogen-bond acceptors (Lipinski definition) is 13. The second-order valence-corrected chi connectivity index (χ2v) is 22.2. The van der Waals surface area contributed by atoms with E-state index < -0.39 is 114 Å². The number of carbonyl (C=O) groups is 8. The number of carboxylic acid groups (broad SMARTS) is 1. The Morgan fingerprint density at radius 1 is 0.560 bits per heavy atom. The molecule has 17 nitrogen and oxygen atoms in total. The van der Waals surface area contributed by atoms with E-state index in [1.807, 2.05) is 0 Å². The number of aliphatic carboxylic acids is 1. The molecule has 6 aromatic carbocycles. The van der Waals surface area contributed by atoms with Crippen molar-refractivity contribution in [3.05, 3.63) is 191 Å². The summed E-state index contributed by atoms with van der Waals surface area (Å²) in [5.74, 6) is -6.68. The number of anilines is 2. The van der Waals surface area contributed by atoms with E-state index in [1.165, 1.54) is 107 Å². The smallest absolute Gasteiger partial charge is 0.326 e. The minimum absolute atomic E-state index is 0.00923. The SMILES string of the molecule is O=C(COc1ccc([C@@H]2[C@@H](SCC(OC(=O)CNC(=O)COc3ccc([C@@H]4[C@@H](SCC(=O)c5ccc(F)cc5)C(=O)N4c4ccc(F)cc4)cc3)c3ccc(F)cc3)C(=O)N2c2ccc(F)cc2)cc1)NCC(=O)N[C@@H](C(=O)O)C1CCCC1. The average molecular weight is 1190 g/mol. The minimum atomic E-state index is -1.13. The number of esters is 1. The van der Waals surface area contributed by atoms with Gasteiger partial charge in [0, 0.05) is 22.7 Å². The molecule has 23 heteroatoms. The van der Waals surface area contributed by atoms with E-state index in [4.69, 9.17) is 14.2 Å². The highest BCUT2D eigenvalue weighted by Gasteiger charge is 2.51. The van der Waals surface area contributed by atoms with Gasteiger partial charge in [-0.15, -0.1) is 23.5 Å². The van der Waals surface area contributed by atoms with Crippen molar-refractivity contribution in [1.82, 2.24) is 16.0 Å². The second-order valence-electron chi connectivity index (χ2n) is 19.9. The molecule has 2 aliphatic heterocycles. The normalized spacial score (nSPS) is 18.1. The third kappa shape index (κ3) is 14.9. The Kier molecular flexibility index (Phi) is 19.7. The van der Waals surface area contributed by atoms with Gasteiger partial charge in [0.2, 0.25) is 17.7 Å². The van der Waals surface area contributed by atoms with Crippen LogP contribution in [0.1, 0.15) is 70.9 Å². The predicted octanol–water partition coefficient (Wildman–Crippen LogP) is 8.24. The van der Waals surface area contributed by atoms with Crippen molar-refractivity contribution >= 4 is 82.2 Å². The Labute approximate surface area is 487 Å². The number of benzene rings is 6. The van der Waals surface area contributed by atoms with Gasteiger partial charge in [-0.25, -0.2) is 22.4 Å². The first-order valence-electron chi connectivity index (χ1n) is 26.6. The standard InChI is InChI=1S/C61H55F4N5O12S2/c62-40-13-5-35(6-14-40)48(71)33-83-57-55(69(59(57)76)44-21-17-42(64)18-22-44)38-9-25-47(26-10-38)81-32-52(74)67-30-53(75)82-49(36-7-15-41(63)16-8-36)34-84-58-56(70(60(58)77)45-23-19-43(65)20-24-45)39-11-27-46(28-12-39)80-31-51(73)66-29-50(72)68-54(61(78)79)37-3-1-2-4-37/h5-28,37,49,54-58H,1-4,29-34H2,(H,66,73)(H,67,74)(H,68,72)(H,78,79)/t49?,54-,55-,56-,57-,58-/m1/s1. The third-order valence-corrected chi connectivity index (χ3v) is 16.9. The number of nitrogens with zero attached hydrogens (tertiary/aromatic N) is 2. The Morgan fingerprint density at radius 3 is 1.48 bits per heavy atom. The van der Waals surface area contributed by atoms with Crippen molar-refractivity contribution in [2.45, 2.75) is 60.4 Å². The fraction of sp³-hybridized carbons (Fsp3) is 0.279. The van der Waals surface area contributed by atoms with E-state index in [9.17, 15) is 61.0 Å². The number of ether oxygens (including phenoxy) is 3. The van der Waals surface area contributed by atoms with Crippen LogP contribution in [0.15, 0.2) is 146 Å². The molecular weight excluding hydrogens is 1130 g/mol. The van der Waals surface area contributed by atoms with Crippen LogP contribution in [0.5, 0.6) is 11.5 Å². The van der Waals surface area contributed by atoms with Gasteiger partial charge in [0.15, 0.2) is 19.0 Å². The van der Waals surface area contributed by atoms with Crippen LogP contribution < -0.4 is 35.2 Å². The lowest BCUT2D eigenvalue weighted by Crippen LogP contribution is -2.57. The van der Waals surface area contributed by atoms with Gasteiger partial charge >= 0.3 is 11.9 Å². The topological polar surface area (TPSA) is 227 Å². The van der Waals surface area contributed by atoms with Crippen LogP contribution >= 0.6 is 23.5 Å². The highest BCUT2D eigenvalue weighted by atomic mass is 32.2. The molecule has 3 fully saturated rings. The van der Waals surface area contributed by atoms with Crippen LogP contribution in [0.25, 0.3) is 0 Å². The Hall–Kier alpha value is -8.70. The summed E-state index contributed by atoms with van der Waals surface area (Å²) >= 11 is 2.28. The maximum absolute atomic E-state index is 14.2. The van der Waals surface area contributed by atoms with Crippen LogP contribution in [0.3, 0.4) is 0 Å². The lowest BCUT2D eigenvalue weighted by molar-refractivity contribution is -0.148. The molecule has 6 atom stereocenters. The summed E-state index contributed by atoms with van der Waals surface area (Å²) in [7, 11) is 0. The van der Waals surface area contributed by atoms with Crippen molar-refractivity contribution in [2.75, 3.05) is 47.6 Å². The Bertz CT molecular complexity index is 3360. The van der Waals surface area contributed by atoms with Gasteiger partial charge in [-0.3, -0.25) is 33.6 Å². The monoisotopic (exact) mass is 1190 g/mol. The molecule has 1 saturated carbocycles. The summed E-state index contributed by atoms with van der Waals surface area (Å²) < 4.78 is 72.8. The van der Waals surface area contributed by atoms with Gasteiger partial charge in [-0.2, -0.15) is 0 Å². The number of rotatable bonds is 26. The maximum atomic E-state index is 14.2. The third-order valence-electron chi connectivity index (χ3n) is 14.3. The number of ketones is 1. The molecule has 0 radical (unpaired) electrons. The molecule has 0 spiro atoms. The molecule has 436 valence electrons. The molecule has 9 rings (SSSR count). The summed E-state index contributed by atoms with van der Waals surface area (Å²) in [5, 5.41) is 15.5. The van der Waals surface area contributed by atoms with Gasteiger partial charge in [0.1, 0.15) is 64.0 Å². The van der Waals surface area contributed by atoms with E-state index in [1.54, 1.807) is 48.5 Å². The lowest BCUT2D eigenvalue weighted by atomic mass is 9.92. The number of halogens is 4. The zero-order valence-electron chi connectivity index (χ0n) is 44.6. The highest BCUT2D eigenvalue weighted by molar-refractivity contribution is 8.01. The number of carbonyl (C=O) groups excluding carboxylic acids is 7. The number of amides is 5. The van der Waals surface area contributed by atoms with Gasteiger partial charge < -0.3 is 45.1 Å². The molecule has 5 amide bonds. The second kappa shape index (κ2) is 27.6. The van der Waals surface area contributed by atoms with Crippen molar-refractivity contribution in [3.63, 3.8) is 0 Å². The van der Waals surface area contributed by atoms with Crippen molar-refractivity contribution < 1.29 is 75.2 Å². The fourth-order valence-electron chi connectivity index (χ4n) is 10.00. The largest absolute Gasteiger partial charge is 0.484 e. The van der Waals surface area contributed by atoms with Crippen LogP contribution in [0.4, 0.5) is 28.9 Å². The predicted molar refractivity (Wildman–Crippen MR) is 303 cm³/mol. The van der Waals surface area contributed by atoms with Crippen LogP contribution in [-0.4, -0.2) is 107 Å². The van der Waals surface area contributed by atoms with Gasteiger partial charge in [0.25, 0.3) is 11.8 Å². The van der Waals surface area contributed by atoms with Gasteiger partial charge in [-0.1, -0.05) is 49.2 Å². The first-order chi connectivity index (χ1) is 40.5. The van der Waals surface area contributed by atoms with E-state index in [0.29, 0.717) is 46.5 Å². The van der Waals surface area contributed by atoms with E-state index in [2.05, 4.69) is 16.0 Å². The molecule has 2 saturated heterocycles. The van der Waals surface area contributed by atoms with E-state index in [0.717, 1.165) is 36.4 Å². The lowest BCUT2D eigenvalue weighted by Gasteiger charge is -2.47. The minimum Gasteiger partial charge on any atom is -0.484 e. The molecule has 1 aliphatic carbocycles. The Balaban J connectivity index is 0.786. The van der Waals surface area contributed by atoms with Crippen LogP contribution in [0.2, 0.25) is 0 Å². The number of nitrogens with one attached hydrogen (secondary N) is 3. The van der Waals surface area contributed by atoms with Crippen LogP contribution in [-0.2, 0) is 38.3 Å². The molecule has 84 heavy (non-hydrogen) atoms. The van der Waals surface area contributed by atoms with Crippen molar-refractivity contribution in [3.8, 4) is 11.5 Å². The zero-order chi connectivity index (χ0) is 59.4. The first-order valence-corrected chi connectivity index (χ1v) is 28.7. The summed E-state index contributed by atoms with van der Waals surface area (Å²) in [6, 6.07) is 31.8. The van der Waals surface area contributed by atoms with Gasteiger partial charge in [-0.05, 0) is 145 Å². The summed E-state index contributed by atoms with van der Waals surface area (Å²) in [6.45, 7) is -2.04. The Morgan fingerprint density at radius 2 is 1.00 bits per heavy atom. The first kappa shape index (κ1) is 59.9. The number of β-lactam (4-membered cyclic amide) rings is 2. The maximum Gasteiger partial charge on any atom is 0.326 e. The average Bonchev–Trinajstić information content (AvgIpc) is 1.73.